The van der Waals surface area contributed by atoms with Gasteiger partial charge in [0.2, 0.25) is 0 Å². The standard InChI is InChI=1S/C14H13FOS/c1-9-6-10(2)14(12(15)7-9)13(16)8-11-4-3-5-17-11/h3-7H,8H2,1-2H3. The van der Waals surface area contributed by atoms with Gasteiger partial charge in [-0.05, 0) is 42.5 Å². The summed E-state index contributed by atoms with van der Waals surface area (Å²) in [4.78, 5) is 13.0. The Morgan fingerprint density at radius 3 is 2.71 bits per heavy atom. The third-order valence-corrected chi connectivity index (χ3v) is 3.50. The average Bonchev–Trinajstić information content (AvgIpc) is 2.68. The van der Waals surface area contributed by atoms with Crippen LogP contribution in [0.4, 0.5) is 4.39 Å². The molecule has 0 radical (unpaired) electrons. The number of halogens is 1. The lowest BCUT2D eigenvalue weighted by molar-refractivity contribution is 0.0989. The van der Waals surface area contributed by atoms with Crippen molar-refractivity contribution >= 4 is 17.1 Å². The minimum absolute atomic E-state index is 0.151. The van der Waals surface area contributed by atoms with Crippen molar-refractivity contribution in [3.63, 3.8) is 0 Å². The molecule has 0 aliphatic carbocycles. The first kappa shape index (κ1) is 12.0. The van der Waals surface area contributed by atoms with Crippen LogP contribution in [0.3, 0.4) is 0 Å². The van der Waals surface area contributed by atoms with Gasteiger partial charge in [0.1, 0.15) is 5.82 Å². The highest BCUT2D eigenvalue weighted by atomic mass is 32.1. The molecule has 0 amide bonds. The number of thiophene rings is 1. The van der Waals surface area contributed by atoms with Gasteiger partial charge in [-0.3, -0.25) is 4.79 Å². The van der Waals surface area contributed by atoms with E-state index in [2.05, 4.69) is 0 Å². The normalized spacial score (nSPS) is 10.5. The van der Waals surface area contributed by atoms with E-state index in [9.17, 15) is 9.18 Å². The average molecular weight is 248 g/mol. The quantitative estimate of drug-likeness (QED) is 0.752. The molecule has 0 spiro atoms. The second-order valence-electron chi connectivity index (χ2n) is 4.12. The highest BCUT2D eigenvalue weighted by Gasteiger charge is 2.16. The number of carbonyl (C=O) groups is 1. The number of hydrogen-bond acceptors (Lipinski definition) is 2. The third-order valence-electron chi connectivity index (χ3n) is 2.63. The van der Waals surface area contributed by atoms with Crippen LogP contribution >= 0.6 is 11.3 Å². The van der Waals surface area contributed by atoms with Crippen LogP contribution < -0.4 is 0 Å². The molecule has 1 aromatic carbocycles. The molecular formula is C14H13FOS. The molecular weight excluding hydrogens is 235 g/mol. The van der Waals surface area contributed by atoms with E-state index in [1.165, 1.54) is 17.4 Å². The van der Waals surface area contributed by atoms with Gasteiger partial charge in [-0.25, -0.2) is 4.39 Å². The lowest BCUT2D eigenvalue weighted by Gasteiger charge is -2.07. The van der Waals surface area contributed by atoms with Crippen molar-refractivity contribution in [3.05, 3.63) is 57.0 Å². The smallest absolute Gasteiger partial charge is 0.171 e. The highest BCUT2D eigenvalue weighted by Crippen LogP contribution is 2.19. The van der Waals surface area contributed by atoms with Crippen LogP contribution in [0.15, 0.2) is 29.6 Å². The van der Waals surface area contributed by atoms with E-state index in [1.54, 1.807) is 6.92 Å². The number of carbonyl (C=O) groups excluding carboxylic acids is 1. The molecule has 3 heteroatoms. The maximum absolute atomic E-state index is 13.8. The topological polar surface area (TPSA) is 17.1 Å². The van der Waals surface area contributed by atoms with Gasteiger partial charge in [0, 0.05) is 11.3 Å². The molecule has 88 valence electrons. The molecule has 0 aliphatic rings. The largest absolute Gasteiger partial charge is 0.294 e. The summed E-state index contributed by atoms with van der Waals surface area (Å²) in [5, 5.41) is 1.92. The van der Waals surface area contributed by atoms with E-state index in [0.29, 0.717) is 5.56 Å². The van der Waals surface area contributed by atoms with Crippen molar-refractivity contribution in [1.29, 1.82) is 0 Å². The van der Waals surface area contributed by atoms with Crippen LogP contribution in [0.2, 0.25) is 0 Å². The van der Waals surface area contributed by atoms with Gasteiger partial charge in [-0.15, -0.1) is 11.3 Å². The molecule has 0 fully saturated rings. The first-order valence-electron chi connectivity index (χ1n) is 5.40. The Kier molecular flexibility index (Phi) is 3.38. The maximum Gasteiger partial charge on any atom is 0.171 e. The molecule has 17 heavy (non-hydrogen) atoms. The number of hydrogen-bond donors (Lipinski definition) is 0. The zero-order valence-electron chi connectivity index (χ0n) is 9.79. The van der Waals surface area contributed by atoms with Crippen molar-refractivity contribution in [2.24, 2.45) is 0 Å². The van der Waals surface area contributed by atoms with Crippen LogP contribution in [0.5, 0.6) is 0 Å². The summed E-state index contributed by atoms with van der Waals surface area (Å²) >= 11 is 1.52. The fourth-order valence-corrected chi connectivity index (χ4v) is 2.63. The first-order chi connectivity index (χ1) is 8.08. The number of rotatable bonds is 3. The zero-order valence-corrected chi connectivity index (χ0v) is 10.6. The second-order valence-corrected chi connectivity index (χ2v) is 5.15. The predicted octanol–water partition coefficient (Wildman–Crippen LogP) is 3.93. The number of benzene rings is 1. The molecule has 0 atom stereocenters. The Hall–Kier alpha value is -1.48. The van der Waals surface area contributed by atoms with Crippen molar-refractivity contribution in [3.8, 4) is 0 Å². The molecule has 1 aromatic heterocycles. The molecule has 0 bridgehead atoms. The molecule has 0 N–H and O–H groups in total. The summed E-state index contributed by atoms with van der Waals surface area (Å²) in [7, 11) is 0. The van der Waals surface area contributed by atoms with Crippen molar-refractivity contribution in [1.82, 2.24) is 0 Å². The van der Waals surface area contributed by atoms with Crippen LogP contribution in [0.1, 0.15) is 26.4 Å². The van der Waals surface area contributed by atoms with E-state index in [0.717, 1.165) is 10.4 Å². The molecule has 2 aromatic rings. The van der Waals surface area contributed by atoms with E-state index >= 15 is 0 Å². The van der Waals surface area contributed by atoms with E-state index < -0.39 is 5.82 Å². The Balaban J connectivity index is 2.31. The lowest BCUT2D eigenvalue weighted by atomic mass is 9.99. The van der Waals surface area contributed by atoms with Crippen molar-refractivity contribution in [2.45, 2.75) is 20.3 Å². The number of Topliss-reactive ketones (excluding diaryl/α,β-unsaturated/α-hetero) is 1. The lowest BCUT2D eigenvalue weighted by Crippen LogP contribution is -2.08. The summed E-state index contributed by atoms with van der Waals surface area (Å²) in [6.45, 7) is 3.60. The molecule has 1 nitrogen and oxygen atoms in total. The van der Waals surface area contributed by atoms with Gasteiger partial charge < -0.3 is 0 Å². The SMILES string of the molecule is Cc1cc(C)c(C(=O)Cc2cccs2)c(F)c1. The summed E-state index contributed by atoms with van der Waals surface area (Å²) < 4.78 is 13.8. The number of ketones is 1. The minimum Gasteiger partial charge on any atom is -0.294 e. The summed E-state index contributed by atoms with van der Waals surface area (Å²) in [6.07, 6.45) is 0.276. The highest BCUT2D eigenvalue weighted by molar-refractivity contribution is 7.10. The second kappa shape index (κ2) is 4.80. The van der Waals surface area contributed by atoms with Crippen molar-refractivity contribution in [2.75, 3.05) is 0 Å². The zero-order chi connectivity index (χ0) is 12.4. The fourth-order valence-electron chi connectivity index (χ4n) is 1.93. The molecule has 0 unspecified atom stereocenters. The Morgan fingerprint density at radius 1 is 1.35 bits per heavy atom. The van der Waals surface area contributed by atoms with Gasteiger partial charge in [0.25, 0.3) is 0 Å². The summed E-state index contributed by atoms with van der Waals surface area (Å²) in [5.74, 6) is -0.563. The first-order valence-corrected chi connectivity index (χ1v) is 6.28. The van der Waals surface area contributed by atoms with Gasteiger partial charge in [-0.1, -0.05) is 12.1 Å². The summed E-state index contributed by atoms with van der Waals surface area (Å²) in [5.41, 5.74) is 1.78. The molecule has 2 rings (SSSR count). The summed E-state index contributed by atoms with van der Waals surface area (Å²) in [6, 6.07) is 7.04. The Labute approximate surface area is 104 Å². The predicted molar refractivity (Wildman–Crippen MR) is 68.2 cm³/mol. The third kappa shape index (κ3) is 2.61. The van der Waals surface area contributed by atoms with Gasteiger partial charge in [0.15, 0.2) is 5.78 Å². The van der Waals surface area contributed by atoms with Gasteiger partial charge >= 0.3 is 0 Å². The van der Waals surface area contributed by atoms with Crippen LogP contribution in [0, 0.1) is 19.7 Å². The van der Waals surface area contributed by atoms with Crippen LogP contribution in [-0.4, -0.2) is 5.78 Å². The van der Waals surface area contributed by atoms with E-state index in [4.69, 9.17) is 0 Å². The van der Waals surface area contributed by atoms with Crippen LogP contribution in [0.25, 0.3) is 0 Å². The molecule has 0 aliphatic heterocycles. The van der Waals surface area contributed by atoms with Gasteiger partial charge in [-0.2, -0.15) is 0 Å². The Bertz CT molecular complexity index is 520. The van der Waals surface area contributed by atoms with E-state index in [-0.39, 0.29) is 17.8 Å². The van der Waals surface area contributed by atoms with Gasteiger partial charge in [0.05, 0.1) is 5.56 Å². The minimum atomic E-state index is -0.413. The van der Waals surface area contributed by atoms with Crippen LogP contribution in [-0.2, 0) is 6.42 Å². The van der Waals surface area contributed by atoms with Crippen molar-refractivity contribution < 1.29 is 9.18 Å². The number of aryl methyl sites for hydroxylation is 2. The maximum atomic E-state index is 13.8. The monoisotopic (exact) mass is 248 g/mol. The fraction of sp³-hybridized carbons (Fsp3) is 0.214. The van der Waals surface area contributed by atoms with E-state index in [1.807, 2.05) is 30.5 Å². The molecule has 0 saturated heterocycles. The molecule has 0 saturated carbocycles. The Morgan fingerprint density at radius 2 is 2.12 bits per heavy atom. The molecule has 1 heterocycles.